The number of benzene rings is 1. The molecule has 0 aliphatic rings. The van der Waals surface area contributed by atoms with Gasteiger partial charge in [-0.15, -0.1) is 11.3 Å². The van der Waals surface area contributed by atoms with Crippen LogP contribution in [0.4, 0.5) is 5.00 Å². The zero-order valence-electron chi connectivity index (χ0n) is 17.7. The number of carbonyl (C=O) groups excluding carboxylic acids is 3. The molecule has 0 fully saturated rings. The van der Waals surface area contributed by atoms with Crippen LogP contribution >= 0.6 is 11.3 Å². The molecular weight excluding hydrogens is 390 g/mol. The number of nitrogens with one attached hydrogen (secondary N) is 1. The molecule has 0 radical (unpaired) electrons. The highest BCUT2D eigenvalue weighted by Crippen LogP contribution is 2.34. The van der Waals surface area contributed by atoms with Gasteiger partial charge in [0.05, 0.1) is 25.2 Å². The average molecular weight is 418 g/mol. The molecule has 0 aliphatic heterocycles. The minimum absolute atomic E-state index is 0.173. The van der Waals surface area contributed by atoms with Crippen LogP contribution in [0.1, 0.15) is 61.7 Å². The summed E-state index contributed by atoms with van der Waals surface area (Å²) in [5.74, 6) is -1.36. The predicted octanol–water partition coefficient (Wildman–Crippen LogP) is 4.52. The highest BCUT2D eigenvalue weighted by molar-refractivity contribution is 7.18. The van der Waals surface area contributed by atoms with Gasteiger partial charge >= 0.3 is 11.9 Å². The summed E-state index contributed by atoms with van der Waals surface area (Å²) in [4.78, 5) is 37.7. The molecule has 2 rings (SSSR count). The van der Waals surface area contributed by atoms with E-state index < -0.39 is 11.9 Å². The Balaban J connectivity index is 2.35. The van der Waals surface area contributed by atoms with Crippen molar-refractivity contribution in [1.82, 2.24) is 0 Å². The molecule has 7 heteroatoms. The fraction of sp³-hybridized carbons (Fsp3) is 0.409. The Morgan fingerprint density at radius 3 is 2.03 bits per heavy atom. The second kappa shape index (κ2) is 9.69. The molecule has 1 aromatic heterocycles. The number of hydrogen-bond acceptors (Lipinski definition) is 6. The fourth-order valence-electron chi connectivity index (χ4n) is 3.26. The first-order valence-corrected chi connectivity index (χ1v) is 10.3. The molecule has 0 atom stereocenters. The van der Waals surface area contributed by atoms with Crippen molar-refractivity contribution in [2.24, 2.45) is 0 Å². The Hall–Kier alpha value is -2.67. The summed E-state index contributed by atoms with van der Waals surface area (Å²) in [5, 5.41) is 3.10. The zero-order chi connectivity index (χ0) is 21.7. The van der Waals surface area contributed by atoms with Crippen LogP contribution in [-0.4, -0.2) is 31.1 Å². The second-order valence-corrected chi connectivity index (χ2v) is 7.82. The van der Waals surface area contributed by atoms with Crippen LogP contribution in [-0.2, 0) is 20.7 Å². The number of rotatable bonds is 7. The molecule has 1 amide bonds. The molecule has 156 valence electrons. The molecule has 0 bridgehead atoms. The first-order chi connectivity index (χ1) is 13.7. The van der Waals surface area contributed by atoms with E-state index in [9.17, 15) is 14.4 Å². The van der Waals surface area contributed by atoms with Gasteiger partial charge in [-0.05, 0) is 63.8 Å². The van der Waals surface area contributed by atoms with E-state index in [0.717, 1.165) is 33.6 Å². The molecule has 0 saturated carbocycles. The Morgan fingerprint density at radius 1 is 0.931 bits per heavy atom. The summed E-state index contributed by atoms with van der Waals surface area (Å²) in [6.07, 6.45) is 0.173. The normalized spacial score (nSPS) is 10.6. The predicted molar refractivity (Wildman–Crippen MR) is 114 cm³/mol. The van der Waals surface area contributed by atoms with E-state index in [-0.39, 0.29) is 36.0 Å². The van der Waals surface area contributed by atoms with Crippen LogP contribution in [0.25, 0.3) is 0 Å². The summed E-state index contributed by atoms with van der Waals surface area (Å²) in [7, 11) is 0. The van der Waals surface area contributed by atoms with Crippen molar-refractivity contribution >= 4 is 34.2 Å². The molecule has 1 aromatic carbocycles. The maximum Gasteiger partial charge on any atom is 0.348 e. The van der Waals surface area contributed by atoms with E-state index in [4.69, 9.17) is 9.47 Å². The molecule has 1 N–H and O–H groups in total. The van der Waals surface area contributed by atoms with Crippen molar-refractivity contribution in [2.45, 2.75) is 48.0 Å². The Labute approximate surface area is 175 Å². The van der Waals surface area contributed by atoms with Crippen molar-refractivity contribution in [1.29, 1.82) is 0 Å². The van der Waals surface area contributed by atoms with Crippen LogP contribution in [0.2, 0.25) is 0 Å². The minimum atomic E-state index is -0.574. The highest BCUT2D eigenvalue weighted by atomic mass is 32.1. The number of aryl methyl sites for hydroxylation is 3. The lowest BCUT2D eigenvalue weighted by atomic mass is 9.97. The first kappa shape index (κ1) is 22.6. The lowest BCUT2D eigenvalue weighted by Crippen LogP contribution is -2.17. The first-order valence-electron chi connectivity index (χ1n) is 9.53. The van der Waals surface area contributed by atoms with Crippen molar-refractivity contribution < 1.29 is 23.9 Å². The van der Waals surface area contributed by atoms with Crippen molar-refractivity contribution in [2.75, 3.05) is 18.5 Å². The van der Waals surface area contributed by atoms with Gasteiger partial charge in [-0.2, -0.15) is 0 Å². The van der Waals surface area contributed by atoms with Gasteiger partial charge in [-0.1, -0.05) is 17.7 Å². The largest absolute Gasteiger partial charge is 0.462 e. The van der Waals surface area contributed by atoms with Gasteiger partial charge in [0, 0.05) is 0 Å². The summed E-state index contributed by atoms with van der Waals surface area (Å²) in [6, 6.07) is 4.07. The number of thiophene rings is 1. The van der Waals surface area contributed by atoms with Crippen LogP contribution in [0.5, 0.6) is 0 Å². The van der Waals surface area contributed by atoms with Gasteiger partial charge in [0.1, 0.15) is 9.88 Å². The molecule has 1 heterocycles. The lowest BCUT2D eigenvalue weighted by molar-refractivity contribution is -0.115. The number of amides is 1. The summed E-state index contributed by atoms with van der Waals surface area (Å²) in [5.41, 5.74) is 4.82. The number of hydrogen-bond donors (Lipinski definition) is 1. The molecular formula is C22H27NO5S. The van der Waals surface area contributed by atoms with E-state index in [1.54, 1.807) is 20.8 Å². The van der Waals surface area contributed by atoms with Crippen molar-refractivity contribution in [3.05, 3.63) is 50.4 Å². The maximum absolute atomic E-state index is 12.7. The summed E-state index contributed by atoms with van der Waals surface area (Å²) >= 11 is 1.03. The Kier molecular flexibility index (Phi) is 7.56. The molecule has 0 spiro atoms. The molecule has 0 aliphatic carbocycles. The van der Waals surface area contributed by atoms with Gasteiger partial charge in [0.2, 0.25) is 5.91 Å². The van der Waals surface area contributed by atoms with E-state index >= 15 is 0 Å². The number of carbonyl (C=O) groups is 3. The van der Waals surface area contributed by atoms with Crippen LogP contribution in [0.15, 0.2) is 12.1 Å². The monoisotopic (exact) mass is 417 g/mol. The smallest absolute Gasteiger partial charge is 0.348 e. The van der Waals surface area contributed by atoms with Gasteiger partial charge in [0.15, 0.2) is 0 Å². The van der Waals surface area contributed by atoms with E-state index in [1.165, 1.54) is 0 Å². The third-order valence-electron chi connectivity index (χ3n) is 4.52. The summed E-state index contributed by atoms with van der Waals surface area (Å²) in [6.45, 7) is 11.4. The van der Waals surface area contributed by atoms with Gasteiger partial charge in [-0.3, -0.25) is 4.79 Å². The average Bonchev–Trinajstić information content (AvgIpc) is 2.94. The third-order valence-corrected chi connectivity index (χ3v) is 5.71. The highest BCUT2D eigenvalue weighted by Gasteiger charge is 2.27. The Bertz CT molecular complexity index is 922. The summed E-state index contributed by atoms with van der Waals surface area (Å²) < 4.78 is 10.2. The van der Waals surface area contributed by atoms with Crippen LogP contribution < -0.4 is 5.32 Å². The van der Waals surface area contributed by atoms with E-state index in [0.29, 0.717) is 10.6 Å². The molecule has 6 nitrogen and oxygen atoms in total. The number of esters is 2. The quantitative estimate of drug-likeness (QED) is 0.670. The molecule has 0 unspecified atom stereocenters. The number of anilines is 1. The van der Waals surface area contributed by atoms with Gasteiger partial charge < -0.3 is 14.8 Å². The minimum Gasteiger partial charge on any atom is -0.462 e. The molecule has 2 aromatic rings. The van der Waals surface area contributed by atoms with Crippen molar-refractivity contribution in [3.8, 4) is 0 Å². The fourth-order valence-corrected chi connectivity index (χ4v) is 4.37. The van der Waals surface area contributed by atoms with Gasteiger partial charge in [-0.25, -0.2) is 9.59 Å². The maximum atomic E-state index is 12.7. The van der Waals surface area contributed by atoms with Crippen LogP contribution in [0, 0.1) is 27.7 Å². The zero-order valence-corrected chi connectivity index (χ0v) is 18.5. The molecule has 29 heavy (non-hydrogen) atoms. The topological polar surface area (TPSA) is 81.7 Å². The SMILES string of the molecule is CCOC(=O)c1sc(NC(=O)Cc2c(C)cc(C)cc2C)c(C(=O)OCC)c1C. The van der Waals surface area contributed by atoms with E-state index in [1.807, 2.05) is 32.9 Å². The lowest BCUT2D eigenvalue weighted by Gasteiger charge is -2.12. The van der Waals surface area contributed by atoms with E-state index in [2.05, 4.69) is 5.32 Å². The third kappa shape index (κ3) is 5.23. The standard InChI is InChI=1S/C22H27NO5S/c1-7-27-21(25)18-15(6)19(22(26)28-8-2)29-20(18)23-17(24)11-16-13(4)9-12(3)10-14(16)5/h9-10H,7-8,11H2,1-6H3,(H,23,24). The molecule has 0 saturated heterocycles. The van der Waals surface area contributed by atoms with Gasteiger partial charge in [0.25, 0.3) is 0 Å². The van der Waals surface area contributed by atoms with Crippen molar-refractivity contribution in [3.63, 3.8) is 0 Å². The number of ether oxygens (including phenoxy) is 2. The Morgan fingerprint density at radius 2 is 1.48 bits per heavy atom. The van der Waals surface area contributed by atoms with Crippen LogP contribution in [0.3, 0.4) is 0 Å². The second-order valence-electron chi connectivity index (χ2n) is 6.80.